The Morgan fingerprint density at radius 1 is 0.931 bits per heavy atom. The van der Waals surface area contributed by atoms with Crippen LogP contribution in [0.15, 0.2) is 0 Å². The minimum Gasteiger partial charge on any atom is -0.461 e. The third-order valence-corrected chi connectivity index (χ3v) is 4.29. The number of rotatable bonds is 16. The van der Waals surface area contributed by atoms with Crippen LogP contribution in [0.1, 0.15) is 92.4 Å². The SMILES string of the molecule is CCCCCCCCC(NC(=O)OCCCC)C(=O)OCC(CO)OC(C)(C)C. The summed E-state index contributed by atoms with van der Waals surface area (Å²) >= 11 is 0. The van der Waals surface area contributed by atoms with Gasteiger partial charge in [0.15, 0.2) is 0 Å². The Morgan fingerprint density at radius 3 is 2.14 bits per heavy atom. The zero-order valence-corrected chi connectivity index (χ0v) is 19.1. The molecular formula is C22H43NO6. The van der Waals surface area contributed by atoms with Gasteiger partial charge in [0.05, 0.1) is 18.8 Å². The zero-order chi connectivity index (χ0) is 22.1. The summed E-state index contributed by atoms with van der Waals surface area (Å²) in [6, 6.07) is -0.760. The van der Waals surface area contributed by atoms with E-state index < -0.39 is 29.8 Å². The predicted octanol–water partition coefficient (Wildman–Crippen LogP) is 4.35. The molecule has 0 aromatic rings. The highest BCUT2D eigenvalue weighted by molar-refractivity contribution is 5.81. The molecule has 0 aromatic carbocycles. The Morgan fingerprint density at radius 2 is 1.55 bits per heavy atom. The van der Waals surface area contributed by atoms with Gasteiger partial charge in [-0.3, -0.25) is 0 Å². The van der Waals surface area contributed by atoms with E-state index in [1.807, 2.05) is 27.7 Å². The fourth-order valence-corrected chi connectivity index (χ4v) is 2.77. The molecule has 0 saturated carbocycles. The van der Waals surface area contributed by atoms with Crippen molar-refractivity contribution in [1.82, 2.24) is 5.32 Å². The molecule has 2 atom stereocenters. The minimum absolute atomic E-state index is 0.0633. The number of aliphatic hydroxyl groups is 1. The van der Waals surface area contributed by atoms with Crippen LogP contribution >= 0.6 is 0 Å². The average molecular weight is 418 g/mol. The van der Waals surface area contributed by atoms with Crippen LogP contribution in [0.3, 0.4) is 0 Å². The highest BCUT2D eigenvalue weighted by Crippen LogP contribution is 2.13. The molecule has 1 amide bonds. The lowest BCUT2D eigenvalue weighted by Gasteiger charge is -2.26. The number of ether oxygens (including phenoxy) is 3. The van der Waals surface area contributed by atoms with Crippen molar-refractivity contribution in [3.05, 3.63) is 0 Å². The molecule has 0 aliphatic rings. The maximum Gasteiger partial charge on any atom is 0.407 e. The van der Waals surface area contributed by atoms with Crippen LogP contribution in [0.25, 0.3) is 0 Å². The van der Waals surface area contributed by atoms with Gasteiger partial charge in [-0.2, -0.15) is 0 Å². The molecule has 0 aromatic heterocycles. The molecule has 2 N–H and O–H groups in total. The summed E-state index contributed by atoms with van der Waals surface area (Å²) in [5.74, 6) is -0.526. The van der Waals surface area contributed by atoms with E-state index >= 15 is 0 Å². The fourth-order valence-electron chi connectivity index (χ4n) is 2.77. The van der Waals surface area contributed by atoms with Crippen LogP contribution in [-0.2, 0) is 19.0 Å². The van der Waals surface area contributed by atoms with Crippen molar-refractivity contribution in [1.29, 1.82) is 0 Å². The van der Waals surface area contributed by atoms with E-state index in [9.17, 15) is 14.7 Å². The number of carbonyl (C=O) groups excluding carboxylic acids is 2. The minimum atomic E-state index is -0.760. The molecule has 0 aliphatic heterocycles. The predicted molar refractivity (Wildman–Crippen MR) is 114 cm³/mol. The normalized spacial score (nSPS) is 13.6. The van der Waals surface area contributed by atoms with Gasteiger partial charge in [-0.05, 0) is 33.6 Å². The molecule has 0 heterocycles. The first kappa shape index (κ1) is 27.7. The molecule has 0 radical (unpaired) electrons. The maximum atomic E-state index is 12.5. The van der Waals surface area contributed by atoms with Crippen LogP contribution in [0, 0.1) is 0 Å². The molecule has 7 heteroatoms. The summed E-state index contributed by atoms with van der Waals surface area (Å²) in [4.78, 5) is 24.5. The molecule has 29 heavy (non-hydrogen) atoms. The van der Waals surface area contributed by atoms with E-state index in [4.69, 9.17) is 14.2 Å². The second kappa shape index (κ2) is 16.5. The number of unbranched alkanes of at least 4 members (excludes halogenated alkanes) is 6. The van der Waals surface area contributed by atoms with E-state index in [0.717, 1.165) is 32.1 Å². The molecule has 0 saturated heterocycles. The van der Waals surface area contributed by atoms with E-state index in [1.54, 1.807) is 0 Å². The lowest BCUT2D eigenvalue weighted by molar-refractivity contribution is -0.157. The van der Waals surface area contributed by atoms with Gasteiger partial charge in [-0.1, -0.05) is 58.8 Å². The second-order valence-corrected chi connectivity index (χ2v) is 8.41. The van der Waals surface area contributed by atoms with Crippen molar-refractivity contribution >= 4 is 12.1 Å². The van der Waals surface area contributed by atoms with Gasteiger partial charge in [0, 0.05) is 0 Å². The van der Waals surface area contributed by atoms with Crippen molar-refractivity contribution in [2.45, 2.75) is 110 Å². The Balaban J connectivity index is 4.61. The monoisotopic (exact) mass is 417 g/mol. The molecule has 0 rings (SSSR count). The molecular weight excluding hydrogens is 374 g/mol. The lowest BCUT2D eigenvalue weighted by atomic mass is 10.1. The Bertz CT molecular complexity index is 436. The standard InChI is InChI=1S/C22H43NO6/c1-6-8-10-11-12-13-14-19(23-21(26)27-15-9-7-2)20(25)28-17-18(16-24)29-22(3,4)5/h18-19,24H,6-17H2,1-5H3,(H,23,26). The second-order valence-electron chi connectivity index (χ2n) is 8.41. The summed E-state index contributed by atoms with van der Waals surface area (Å²) in [5, 5.41) is 12.1. The molecule has 2 unspecified atom stereocenters. The van der Waals surface area contributed by atoms with Gasteiger partial charge in [0.25, 0.3) is 0 Å². The largest absolute Gasteiger partial charge is 0.461 e. The number of hydrogen-bond donors (Lipinski definition) is 2. The van der Waals surface area contributed by atoms with Gasteiger partial charge in [-0.15, -0.1) is 0 Å². The summed E-state index contributed by atoms with van der Waals surface area (Å²) < 4.78 is 16.1. The van der Waals surface area contributed by atoms with Crippen molar-refractivity contribution in [3.63, 3.8) is 0 Å². The number of alkyl carbamates (subject to hydrolysis) is 1. The van der Waals surface area contributed by atoms with Gasteiger partial charge in [0.1, 0.15) is 18.8 Å². The molecule has 7 nitrogen and oxygen atoms in total. The molecule has 0 fully saturated rings. The average Bonchev–Trinajstić information content (AvgIpc) is 2.65. The first-order valence-electron chi connectivity index (χ1n) is 11.1. The van der Waals surface area contributed by atoms with Crippen LogP contribution < -0.4 is 5.32 Å². The van der Waals surface area contributed by atoms with Crippen LogP contribution in [0.4, 0.5) is 4.79 Å². The Kier molecular flexibility index (Phi) is 15.7. The highest BCUT2D eigenvalue weighted by Gasteiger charge is 2.25. The van der Waals surface area contributed by atoms with Crippen molar-refractivity contribution in [2.75, 3.05) is 19.8 Å². The summed E-state index contributed by atoms with van der Waals surface area (Å²) in [6.45, 7) is 9.80. The first-order valence-corrected chi connectivity index (χ1v) is 11.1. The van der Waals surface area contributed by atoms with E-state index in [-0.39, 0.29) is 13.2 Å². The first-order chi connectivity index (χ1) is 13.7. The lowest BCUT2D eigenvalue weighted by Crippen LogP contribution is -2.43. The van der Waals surface area contributed by atoms with E-state index in [1.165, 1.54) is 19.3 Å². The molecule has 0 spiro atoms. The van der Waals surface area contributed by atoms with Gasteiger partial charge in [-0.25, -0.2) is 9.59 Å². The van der Waals surface area contributed by atoms with Crippen LogP contribution in [0.5, 0.6) is 0 Å². The third-order valence-electron chi connectivity index (χ3n) is 4.29. The fraction of sp³-hybridized carbons (Fsp3) is 0.909. The summed E-state index contributed by atoms with van der Waals surface area (Å²) in [7, 11) is 0. The molecule has 172 valence electrons. The number of hydrogen-bond acceptors (Lipinski definition) is 6. The summed E-state index contributed by atoms with van der Waals surface area (Å²) in [5.41, 5.74) is -0.459. The van der Waals surface area contributed by atoms with Crippen LogP contribution in [0.2, 0.25) is 0 Å². The van der Waals surface area contributed by atoms with E-state index in [2.05, 4.69) is 12.2 Å². The number of nitrogens with one attached hydrogen (secondary N) is 1. The Labute approximate surface area is 176 Å². The number of amides is 1. The number of carbonyl (C=O) groups is 2. The van der Waals surface area contributed by atoms with E-state index in [0.29, 0.717) is 13.0 Å². The van der Waals surface area contributed by atoms with Crippen LogP contribution in [-0.4, -0.2) is 54.7 Å². The molecule has 0 bridgehead atoms. The highest BCUT2D eigenvalue weighted by atomic mass is 16.6. The zero-order valence-electron chi connectivity index (χ0n) is 19.1. The number of esters is 1. The van der Waals surface area contributed by atoms with Gasteiger partial charge in [0.2, 0.25) is 0 Å². The summed E-state index contributed by atoms with van der Waals surface area (Å²) in [6.07, 6.45) is 7.51. The van der Waals surface area contributed by atoms with Crippen molar-refractivity contribution in [3.8, 4) is 0 Å². The smallest absolute Gasteiger partial charge is 0.407 e. The Hall–Kier alpha value is -1.34. The quantitative estimate of drug-likeness (QED) is 0.286. The van der Waals surface area contributed by atoms with Gasteiger partial charge < -0.3 is 24.6 Å². The van der Waals surface area contributed by atoms with Crippen molar-refractivity contribution in [2.24, 2.45) is 0 Å². The maximum absolute atomic E-state index is 12.5. The van der Waals surface area contributed by atoms with Crippen molar-refractivity contribution < 1.29 is 28.9 Å². The molecule has 0 aliphatic carbocycles. The van der Waals surface area contributed by atoms with Gasteiger partial charge >= 0.3 is 12.1 Å². The third kappa shape index (κ3) is 16.2. The topological polar surface area (TPSA) is 94.1 Å². The number of aliphatic hydroxyl groups excluding tert-OH is 1.